The van der Waals surface area contributed by atoms with Crippen molar-refractivity contribution in [3.63, 3.8) is 0 Å². The Morgan fingerprint density at radius 2 is 1.79 bits per heavy atom. The summed E-state index contributed by atoms with van der Waals surface area (Å²) < 4.78 is 5.34. The minimum atomic E-state index is -1.12. The second kappa shape index (κ2) is 6.20. The third kappa shape index (κ3) is 3.01. The molecule has 0 radical (unpaired) electrons. The standard InChI is InChI=1S/C19H18N2O3/c1-11-8-12(2)14-10-16(21-15(14)9-11)19(23)24-17(18(20)22)13-6-4-3-5-7-13/h3-10,17,21H,1-2H3,(H2,20,22)/t17-/m1/s1. The van der Waals surface area contributed by atoms with Gasteiger partial charge in [0.1, 0.15) is 5.69 Å². The predicted molar refractivity (Wildman–Crippen MR) is 91.6 cm³/mol. The van der Waals surface area contributed by atoms with Crippen molar-refractivity contribution in [2.45, 2.75) is 20.0 Å². The van der Waals surface area contributed by atoms with Crippen LogP contribution in [0.2, 0.25) is 0 Å². The van der Waals surface area contributed by atoms with Crippen molar-refractivity contribution in [3.05, 3.63) is 70.9 Å². The molecule has 1 heterocycles. The smallest absolute Gasteiger partial charge is 0.355 e. The molecule has 1 atom stereocenters. The van der Waals surface area contributed by atoms with E-state index in [-0.39, 0.29) is 0 Å². The van der Waals surface area contributed by atoms with E-state index in [1.165, 1.54) is 0 Å². The number of benzene rings is 2. The van der Waals surface area contributed by atoms with Crippen molar-refractivity contribution in [1.29, 1.82) is 0 Å². The van der Waals surface area contributed by atoms with Gasteiger partial charge in [-0.25, -0.2) is 4.79 Å². The van der Waals surface area contributed by atoms with Crippen molar-refractivity contribution >= 4 is 22.8 Å². The zero-order chi connectivity index (χ0) is 17.3. The molecule has 0 saturated heterocycles. The number of nitrogens with one attached hydrogen (secondary N) is 1. The van der Waals surface area contributed by atoms with Gasteiger partial charge in [-0.2, -0.15) is 0 Å². The molecule has 3 aromatic rings. The SMILES string of the molecule is Cc1cc(C)c2cc(C(=O)O[C@@H](C(N)=O)c3ccccc3)[nH]c2c1. The highest BCUT2D eigenvalue weighted by atomic mass is 16.5. The molecule has 0 fully saturated rings. The Labute approximate surface area is 139 Å². The molecular formula is C19H18N2O3. The average Bonchev–Trinajstić information content (AvgIpc) is 2.97. The van der Waals surface area contributed by atoms with Gasteiger partial charge in [-0.05, 0) is 37.1 Å². The zero-order valence-electron chi connectivity index (χ0n) is 13.5. The number of nitrogens with two attached hydrogens (primary N) is 1. The summed E-state index contributed by atoms with van der Waals surface area (Å²) in [6, 6.07) is 14.5. The Balaban J connectivity index is 1.91. The third-order valence-electron chi connectivity index (χ3n) is 3.89. The van der Waals surface area contributed by atoms with Gasteiger partial charge < -0.3 is 15.5 Å². The first-order valence-electron chi connectivity index (χ1n) is 7.61. The zero-order valence-corrected chi connectivity index (χ0v) is 13.5. The molecule has 0 aliphatic carbocycles. The lowest BCUT2D eigenvalue weighted by Gasteiger charge is -2.14. The Morgan fingerprint density at radius 3 is 2.46 bits per heavy atom. The molecule has 24 heavy (non-hydrogen) atoms. The number of carbonyl (C=O) groups is 2. The van der Waals surface area contributed by atoms with E-state index in [1.807, 2.05) is 32.0 Å². The number of fused-ring (bicyclic) bond motifs is 1. The maximum atomic E-state index is 12.4. The molecule has 5 heteroatoms. The molecule has 2 aromatic carbocycles. The van der Waals surface area contributed by atoms with Gasteiger partial charge in [0.2, 0.25) is 6.10 Å². The summed E-state index contributed by atoms with van der Waals surface area (Å²) in [6.07, 6.45) is -1.12. The summed E-state index contributed by atoms with van der Waals surface area (Å²) in [4.78, 5) is 27.2. The molecular weight excluding hydrogens is 304 g/mol. The first-order chi connectivity index (χ1) is 11.5. The molecule has 3 rings (SSSR count). The normalized spacial score (nSPS) is 12.1. The number of amides is 1. The molecule has 0 spiro atoms. The number of aromatic nitrogens is 1. The summed E-state index contributed by atoms with van der Waals surface area (Å²) in [7, 11) is 0. The number of esters is 1. The van der Waals surface area contributed by atoms with Crippen LogP contribution in [-0.4, -0.2) is 16.9 Å². The number of aryl methyl sites for hydroxylation is 2. The van der Waals surface area contributed by atoms with Crippen LogP contribution in [0.5, 0.6) is 0 Å². The van der Waals surface area contributed by atoms with Gasteiger partial charge >= 0.3 is 5.97 Å². The van der Waals surface area contributed by atoms with Gasteiger partial charge in [0, 0.05) is 16.5 Å². The fraction of sp³-hybridized carbons (Fsp3) is 0.158. The summed E-state index contributed by atoms with van der Waals surface area (Å²) >= 11 is 0. The molecule has 0 aliphatic heterocycles. The van der Waals surface area contributed by atoms with E-state index < -0.39 is 18.0 Å². The summed E-state index contributed by atoms with van der Waals surface area (Å²) in [5.74, 6) is -1.33. The molecule has 122 valence electrons. The van der Waals surface area contributed by atoms with E-state index >= 15 is 0 Å². The van der Waals surface area contributed by atoms with Gasteiger partial charge in [-0.3, -0.25) is 4.79 Å². The van der Waals surface area contributed by atoms with Crippen molar-refractivity contribution in [3.8, 4) is 0 Å². The minimum absolute atomic E-state index is 0.292. The van der Waals surface area contributed by atoms with Crippen molar-refractivity contribution < 1.29 is 14.3 Å². The highest BCUT2D eigenvalue weighted by Gasteiger charge is 2.24. The highest BCUT2D eigenvalue weighted by molar-refractivity contribution is 5.97. The minimum Gasteiger partial charge on any atom is -0.443 e. The van der Waals surface area contributed by atoms with E-state index in [1.54, 1.807) is 30.3 Å². The Morgan fingerprint density at radius 1 is 1.08 bits per heavy atom. The highest BCUT2D eigenvalue weighted by Crippen LogP contribution is 2.24. The van der Waals surface area contributed by atoms with Crippen LogP contribution in [0.15, 0.2) is 48.5 Å². The Hall–Kier alpha value is -3.08. The number of H-pyrrole nitrogens is 1. The molecule has 0 saturated carbocycles. The summed E-state index contributed by atoms with van der Waals surface area (Å²) in [6.45, 7) is 3.97. The third-order valence-corrected chi connectivity index (χ3v) is 3.89. The van der Waals surface area contributed by atoms with E-state index in [0.717, 1.165) is 22.0 Å². The fourth-order valence-electron chi connectivity index (χ4n) is 2.80. The van der Waals surface area contributed by atoms with Gasteiger partial charge in [0.05, 0.1) is 0 Å². The Bertz CT molecular complexity index is 913. The molecule has 0 aliphatic rings. The Kier molecular flexibility index (Phi) is 4.08. The van der Waals surface area contributed by atoms with Gasteiger partial charge in [0.25, 0.3) is 5.91 Å². The first kappa shape index (κ1) is 15.8. The van der Waals surface area contributed by atoms with E-state index in [9.17, 15) is 9.59 Å². The van der Waals surface area contributed by atoms with Crippen LogP contribution in [0.3, 0.4) is 0 Å². The van der Waals surface area contributed by atoms with Gasteiger partial charge in [-0.1, -0.05) is 36.4 Å². The summed E-state index contributed by atoms with van der Waals surface area (Å²) in [5, 5.41) is 0.947. The quantitative estimate of drug-likeness (QED) is 0.723. The lowest BCUT2D eigenvalue weighted by molar-refractivity contribution is -0.127. The molecule has 0 bridgehead atoms. The van der Waals surface area contributed by atoms with Crippen molar-refractivity contribution in [2.75, 3.05) is 0 Å². The van der Waals surface area contributed by atoms with Crippen LogP contribution >= 0.6 is 0 Å². The average molecular weight is 322 g/mol. The number of carbonyl (C=O) groups excluding carboxylic acids is 2. The monoisotopic (exact) mass is 322 g/mol. The predicted octanol–water partition coefficient (Wildman–Crippen LogP) is 3.17. The number of primary amides is 1. The first-order valence-corrected chi connectivity index (χ1v) is 7.61. The fourth-order valence-corrected chi connectivity index (χ4v) is 2.80. The van der Waals surface area contributed by atoms with Crippen LogP contribution in [-0.2, 0) is 9.53 Å². The van der Waals surface area contributed by atoms with Gasteiger partial charge in [0.15, 0.2) is 0 Å². The number of aromatic amines is 1. The molecule has 1 aromatic heterocycles. The second-order valence-electron chi connectivity index (χ2n) is 5.82. The largest absolute Gasteiger partial charge is 0.443 e. The van der Waals surface area contributed by atoms with Crippen molar-refractivity contribution in [2.24, 2.45) is 5.73 Å². The maximum absolute atomic E-state index is 12.4. The number of hydrogen-bond donors (Lipinski definition) is 2. The molecule has 3 N–H and O–H groups in total. The second-order valence-corrected chi connectivity index (χ2v) is 5.82. The van der Waals surface area contributed by atoms with Gasteiger partial charge in [-0.15, -0.1) is 0 Å². The lowest BCUT2D eigenvalue weighted by atomic mass is 10.1. The van der Waals surface area contributed by atoms with Crippen LogP contribution < -0.4 is 5.73 Å². The van der Waals surface area contributed by atoms with Crippen molar-refractivity contribution in [1.82, 2.24) is 4.98 Å². The summed E-state index contributed by atoms with van der Waals surface area (Å²) in [5.41, 5.74) is 9.24. The van der Waals surface area contributed by atoms with E-state index in [4.69, 9.17) is 10.5 Å². The van der Waals surface area contributed by atoms with Crippen LogP contribution in [0.25, 0.3) is 10.9 Å². The number of ether oxygens (including phenoxy) is 1. The van der Waals surface area contributed by atoms with Crippen LogP contribution in [0.1, 0.15) is 33.3 Å². The number of rotatable bonds is 4. The topological polar surface area (TPSA) is 85.2 Å². The van der Waals surface area contributed by atoms with Crippen LogP contribution in [0, 0.1) is 13.8 Å². The molecule has 0 unspecified atom stereocenters. The lowest BCUT2D eigenvalue weighted by Crippen LogP contribution is -2.26. The maximum Gasteiger partial charge on any atom is 0.355 e. The molecule has 5 nitrogen and oxygen atoms in total. The van der Waals surface area contributed by atoms with E-state index in [0.29, 0.717) is 11.3 Å². The van der Waals surface area contributed by atoms with E-state index in [2.05, 4.69) is 4.98 Å². The molecule has 1 amide bonds. The van der Waals surface area contributed by atoms with Crippen LogP contribution in [0.4, 0.5) is 0 Å². The number of hydrogen-bond acceptors (Lipinski definition) is 3.